The fourth-order valence-corrected chi connectivity index (χ4v) is 4.28. The van der Waals surface area contributed by atoms with Gasteiger partial charge in [-0.25, -0.2) is 8.42 Å². The maximum atomic E-state index is 12.2. The number of sulfone groups is 1. The van der Waals surface area contributed by atoms with E-state index in [-0.39, 0.29) is 5.75 Å². The molecule has 0 fully saturated rings. The molecule has 0 aliphatic rings. The number of aryl methyl sites for hydroxylation is 2. The lowest BCUT2D eigenvalue weighted by molar-refractivity contribution is -0.137. The van der Waals surface area contributed by atoms with Crippen molar-refractivity contribution < 1.29 is 18.3 Å². The van der Waals surface area contributed by atoms with E-state index in [0.717, 1.165) is 11.1 Å². The van der Waals surface area contributed by atoms with Crippen LogP contribution in [0.2, 0.25) is 0 Å². The Hall–Kier alpha value is -1.36. The Bertz CT molecular complexity index is 553. The lowest BCUT2D eigenvalue weighted by Gasteiger charge is -2.17. The molecular formula is C14H20O4S. The van der Waals surface area contributed by atoms with Crippen LogP contribution in [0, 0.1) is 19.8 Å². The highest BCUT2D eigenvalue weighted by molar-refractivity contribution is 7.92. The summed E-state index contributed by atoms with van der Waals surface area (Å²) in [6.45, 7) is 7.00. The van der Waals surface area contributed by atoms with Gasteiger partial charge in [-0.2, -0.15) is 0 Å². The van der Waals surface area contributed by atoms with Gasteiger partial charge in [-0.15, -0.1) is 0 Å². The van der Waals surface area contributed by atoms with Gasteiger partial charge in [-0.3, -0.25) is 4.79 Å². The standard InChI is InChI=1S/C14H20O4S/c1-9(2)13(14(15)16)19(17,18)8-12-6-10(3)5-11(4)7-12/h5-7,9,13H,8H2,1-4H3,(H,15,16). The van der Waals surface area contributed by atoms with Crippen molar-refractivity contribution >= 4 is 15.8 Å². The van der Waals surface area contributed by atoms with E-state index >= 15 is 0 Å². The predicted octanol–water partition coefficient (Wildman–Crippen LogP) is 2.33. The van der Waals surface area contributed by atoms with Gasteiger partial charge in [0.2, 0.25) is 0 Å². The maximum Gasteiger partial charge on any atom is 0.322 e. The molecule has 0 heterocycles. The highest BCUT2D eigenvalue weighted by Crippen LogP contribution is 2.19. The van der Waals surface area contributed by atoms with Crippen LogP contribution in [0.3, 0.4) is 0 Å². The molecule has 1 aromatic carbocycles. The van der Waals surface area contributed by atoms with Crippen LogP contribution in [0.1, 0.15) is 30.5 Å². The van der Waals surface area contributed by atoms with E-state index in [4.69, 9.17) is 5.11 Å². The van der Waals surface area contributed by atoms with Crippen molar-refractivity contribution in [3.63, 3.8) is 0 Å². The molecule has 0 aliphatic heterocycles. The molecular weight excluding hydrogens is 264 g/mol. The van der Waals surface area contributed by atoms with Crippen LogP contribution in [0.5, 0.6) is 0 Å². The van der Waals surface area contributed by atoms with Gasteiger partial charge < -0.3 is 5.11 Å². The van der Waals surface area contributed by atoms with Crippen molar-refractivity contribution in [1.82, 2.24) is 0 Å². The Morgan fingerprint density at radius 3 is 2.00 bits per heavy atom. The monoisotopic (exact) mass is 284 g/mol. The number of carboxylic acid groups (broad SMARTS) is 1. The molecule has 0 bridgehead atoms. The lowest BCUT2D eigenvalue weighted by atomic mass is 10.1. The molecule has 106 valence electrons. The third kappa shape index (κ3) is 4.06. The number of benzene rings is 1. The zero-order valence-electron chi connectivity index (χ0n) is 11.7. The largest absolute Gasteiger partial charge is 0.480 e. The van der Waals surface area contributed by atoms with E-state index in [2.05, 4.69) is 0 Å². The molecule has 4 nitrogen and oxygen atoms in total. The van der Waals surface area contributed by atoms with Crippen molar-refractivity contribution in [2.75, 3.05) is 0 Å². The summed E-state index contributed by atoms with van der Waals surface area (Å²) in [5.41, 5.74) is 2.59. The van der Waals surface area contributed by atoms with E-state index in [1.54, 1.807) is 26.0 Å². The highest BCUT2D eigenvalue weighted by Gasteiger charge is 2.35. The predicted molar refractivity (Wildman–Crippen MR) is 74.8 cm³/mol. The minimum absolute atomic E-state index is 0.231. The summed E-state index contributed by atoms with van der Waals surface area (Å²) in [6.07, 6.45) is 0. The average Bonchev–Trinajstić information content (AvgIpc) is 2.10. The Balaban J connectivity index is 3.11. The van der Waals surface area contributed by atoms with E-state index in [1.165, 1.54) is 0 Å². The molecule has 0 radical (unpaired) electrons. The molecule has 1 unspecified atom stereocenters. The van der Waals surface area contributed by atoms with Crippen molar-refractivity contribution in [2.24, 2.45) is 5.92 Å². The first-order valence-corrected chi connectivity index (χ1v) is 7.86. The Labute approximate surface area is 114 Å². The first kappa shape index (κ1) is 15.7. The van der Waals surface area contributed by atoms with E-state index in [1.807, 2.05) is 19.9 Å². The number of carboxylic acids is 1. The quantitative estimate of drug-likeness (QED) is 0.900. The van der Waals surface area contributed by atoms with Crippen LogP contribution >= 0.6 is 0 Å². The molecule has 0 saturated heterocycles. The normalized spacial score (nSPS) is 13.5. The van der Waals surface area contributed by atoms with Gasteiger partial charge in [0, 0.05) is 0 Å². The van der Waals surface area contributed by atoms with Gasteiger partial charge >= 0.3 is 5.97 Å². The van der Waals surface area contributed by atoms with E-state index in [0.29, 0.717) is 5.56 Å². The number of hydrogen-bond acceptors (Lipinski definition) is 3. The Morgan fingerprint density at radius 1 is 1.16 bits per heavy atom. The van der Waals surface area contributed by atoms with Crippen LogP contribution in [-0.4, -0.2) is 24.7 Å². The minimum atomic E-state index is -3.71. The Kier molecular flexibility index (Phi) is 4.74. The number of hydrogen-bond donors (Lipinski definition) is 1. The highest BCUT2D eigenvalue weighted by atomic mass is 32.2. The molecule has 0 saturated carbocycles. The maximum absolute atomic E-state index is 12.2. The molecule has 1 N–H and O–H groups in total. The van der Waals surface area contributed by atoms with Crippen LogP contribution in [0.4, 0.5) is 0 Å². The molecule has 5 heteroatoms. The van der Waals surface area contributed by atoms with Gasteiger partial charge in [-0.05, 0) is 25.3 Å². The summed E-state index contributed by atoms with van der Waals surface area (Å²) in [5.74, 6) is -1.96. The first-order valence-electron chi connectivity index (χ1n) is 6.15. The average molecular weight is 284 g/mol. The molecule has 0 spiro atoms. The van der Waals surface area contributed by atoms with Crippen molar-refractivity contribution in [1.29, 1.82) is 0 Å². The summed E-state index contributed by atoms with van der Waals surface area (Å²) >= 11 is 0. The second kappa shape index (κ2) is 5.74. The van der Waals surface area contributed by atoms with Gasteiger partial charge in [0.15, 0.2) is 15.1 Å². The first-order chi connectivity index (χ1) is 8.63. The molecule has 0 aromatic heterocycles. The second-order valence-corrected chi connectivity index (χ2v) is 7.43. The fourth-order valence-electron chi connectivity index (χ4n) is 2.33. The third-order valence-electron chi connectivity index (χ3n) is 2.89. The van der Waals surface area contributed by atoms with Crippen molar-refractivity contribution in [3.8, 4) is 0 Å². The molecule has 1 rings (SSSR count). The van der Waals surface area contributed by atoms with Crippen LogP contribution in [0.25, 0.3) is 0 Å². The lowest BCUT2D eigenvalue weighted by Crippen LogP contribution is -2.35. The molecule has 1 aromatic rings. The van der Waals surface area contributed by atoms with Gasteiger partial charge in [0.25, 0.3) is 0 Å². The molecule has 0 aliphatic carbocycles. The third-order valence-corrected chi connectivity index (χ3v) is 5.14. The zero-order chi connectivity index (χ0) is 14.8. The number of rotatable bonds is 5. The summed E-state index contributed by atoms with van der Waals surface area (Å²) in [4.78, 5) is 11.1. The van der Waals surface area contributed by atoms with Gasteiger partial charge in [0.1, 0.15) is 0 Å². The minimum Gasteiger partial charge on any atom is -0.480 e. The fraction of sp³-hybridized carbons (Fsp3) is 0.500. The van der Waals surface area contributed by atoms with E-state index in [9.17, 15) is 13.2 Å². The van der Waals surface area contributed by atoms with Crippen molar-refractivity contribution in [3.05, 3.63) is 34.9 Å². The zero-order valence-corrected chi connectivity index (χ0v) is 12.5. The number of carbonyl (C=O) groups is 1. The summed E-state index contributed by atoms with van der Waals surface area (Å²) in [5, 5.41) is 7.73. The van der Waals surface area contributed by atoms with Crippen LogP contribution in [-0.2, 0) is 20.4 Å². The smallest absolute Gasteiger partial charge is 0.322 e. The number of aliphatic carboxylic acids is 1. The van der Waals surface area contributed by atoms with E-state index < -0.39 is 27.0 Å². The second-order valence-electron chi connectivity index (χ2n) is 5.31. The van der Waals surface area contributed by atoms with Crippen molar-refractivity contribution in [2.45, 2.75) is 38.7 Å². The molecule has 19 heavy (non-hydrogen) atoms. The SMILES string of the molecule is Cc1cc(C)cc(CS(=O)(=O)C(C(=O)O)C(C)C)c1. The van der Waals surface area contributed by atoms with Gasteiger partial charge in [0.05, 0.1) is 5.75 Å². The van der Waals surface area contributed by atoms with Crippen LogP contribution in [0.15, 0.2) is 18.2 Å². The Morgan fingerprint density at radius 2 is 1.63 bits per heavy atom. The van der Waals surface area contributed by atoms with Crippen LogP contribution < -0.4 is 0 Å². The summed E-state index contributed by atoms with van der Waals surface area (Å²) in [6, 6.07) is 5.51. The van der Waals surface area contributed by atoms with Gasteiger partial charge in [-0.1, -0.05) is 43.2 Å². The summed E-state index contributed by atoms with van der Waals surface area (Å²) < 4.78 is 24.4. The topological polar surface area (TPSA) is 71.4 Å². The molecule has 1 atom stereocenters. The molecule has 0 amide bonds. The summed E-state index contributed by atoms with van der Waals surface area (Å²) in [7, 11) is -3.71.